The molecule has 0 radical (unpaired) electrons. The largest absolute Gasteiger partial charge is 0.419 e. The molecule has 1 aromatic carbocycles. The van der Waals surface area contributed by atoms with Crippen LogP contribution in [-0.4, -0.2) is 48.9 Å². The van der Waals surface area contributed by atoms with Gasteiger partial charge in [0.2, 0.25) is 5.91 Å². The monoisotopic (exact) mass is 344 g/mol. The summed E-state index contributed by atoms with van der Waals surface area (Å²) in [7, 11) is 3.71. The Morgan fingerprint density at radius 1 is 1.29 bits per heavy atom. The number of halogens is 4. The summed E-state index contributed by atoms with van der Waals surface area (Å²) >= 11 is 0. The summed E-state index contributed by atoms with van der Waals surface area (Å²) in [6.45, 7) is 1.80. The Kier molecular flexibility index (Phi) is 5.64. The van der Waals surface area contributed by atoms with Gasteiger partial charge in [0.05, 0.1) is 5.56 Å². The molecule has 3 nitrogen and oxygen atoms in total. The Hall–Kier alpha value is -1.89. The Bertz CT molecular complexity index is 620. The number of benzene rings is 1. The van der Waals surface area contributed by atoms with E-state index in [1.165, 1.54) is 18.2 Å². The molecule has 0 aromatic heterocycles. The van der Waals surface area contributed by atoms with Crippen molar-refractivity contribution in [2.75, 3.05) is 27.2 Å². The normalized spacial score (nSPS) is 17.4. The smallest absolute Gasteiger partial charge is 0.339 e. The number of nitrogens with zero attached hydrogens (tertiary/aromatic N) is 2. The molecule has 0 bridgehead atoms. The van der Waals surface area contributed by atoms with Gasteiger partial charge < -0.3 is 9.80 Å². The first-order valence-electron chi connectivity index (χ1n) is 7.68. The number of carbonyl (C=O) groups excluding carboxylic acids is 1. The third-order valence-corrected chi connectivity index (χ3v) is 4.30. The van der Waals surface area contributed by atoms with Gasteiger partial charge in [-0.15, -0.1) is 0 Å². The van der Waals surface area contributed by atoms with E-state index >= 15 is 0 Å². The van der Waals surface area contributed by atoms with Gasteiger partial charge in [-0.05, 0) is 56.8 Å². The van der Waals surface area contributed by atoms with Crippen molar-refractivity contribution in [2.45, 2.75) is 25.1 Å². The minimum atomic E-state index is -4.76. The fourth-order valence-electron chi connectivity index (χ4n) is 2.71. The molecule has 0 saturated carbocycles. The van der Waals surface area contributed by atoms with Crippen molar-refractivity contribution in [1.29, 1.82) is 0 Å². The van der Waals surface area contributed by atoms with Crippen LogP contribution in [0.3, 0.4) is 0 Å². The molecule has 1 saturated heterocycles. The maximum atomic E-state index is 13.2. The molecule has 1 aromatic rings. The molecule has 0 N–H and O–H groups in total. The maximum absolute atomic E-state index is 13.2. The zero-order valence-corrected chi connectivity index (χ0v) is 13.6. The van der Waals surface area contributed by atoms with Crippen molar-refractivity contribution < 1.29 is 22.4 Å². The minimum Gasteiger partial charge on any atom is -0.339 e. The molecule has 1 aliphatic heterocycles. The first-order valence-corrected chi connectivity index (χ1v) is 7.68. The highest BCUT2D eigenvalue weighted by molar-refractivity contribution is 5.91. The van der Waals surface area contributed by atoms with E-state index in [-0.39, 0.29) is 17.5 Å². The summed E-state index contributed by atoms with van der Waals surface area (Å²) in [6, 6.07) is 2.80. The summed E-state index contributed by atoms with van der Waals surface area (Å²) in [5, 5.41) is 0. The van der Waals surface area contributed by atoms with Crippen LogP contribution in [0.2, 0.25) is 0 Å². The Balaban J connectivity index is 2.06. The van der Waals surface area contributed by atoms with Crippen LogP contribution in [0.25, 0.3) is 6.08 Å². The van der Waals surface area contributed by atoms with Crippen molar-refractivity contribution in [1.82, 2.24) is 9.80 Å². The lowest BCUT2D eigenvalue weighted by Gasteiger charge is -2.34. The second kappa shape index (κ2) is 7.34. The van der Waals surface area contributed by atoms with Crippen molar-refractivity contribution >= 4 is 12.0 Å². The molecule has 1 amide bonds. The number of likely N-dealkylation sites (N-methyl/N-ethyl adjacent to an activating group) is 1. The average molecular weight is 344 g/mol. The molecule has 0 aliphatic carbocycles. The molecule has 1 aliphatic rings. The van der Waals surface area contributed by atoms with Gasteiger partial charge in [-0.1, -0.05) is 6.07 Å². The molecule has 24 heavy (non-hydrogen) atoms. The van der Waals surface area contributed by atoms with Crippen LogP contribution in [0, 0.1) is 5.82 Å². The van der Waals surface area contributed by atoms with E-state index < -0.39 is 17.6 Å². The number of likely N-dealkylation sites (tertiary alicyclic amines) is 1. The fraction of sp³-hybridized carbons (Fsp3) is 0.471. The topological polar surface area (TPSA) is 23.6 Å². The van der Waals surface area contributed by atoms with E-state index in [4.69, 9.17) is 0 Å². The zero-order chi connectivity index (χ0) is 17.9. The lowest BCUT2D eigenvalue weighted by Crippen LogP contribution is -2.43. The second-order valence-corrected chi connectivity index (χ2v) is 6.05. The van der Waals surface area contributed by atoms with E-state index in [0.29, 0.717) is 6.07 Å². The number of rotatable bonds is 3. The summed E-state index contributed by atoms with van der Waals surface area (Å²) in [6.07, 6.45) is -0.528. The van der Waals surface area contributed by atoms with E-state index in [1.54, 1.807) is 11.9 Å². The quantitative estimate of drug-likeness (QED) is 0.620. The summed E-state index contributed by atoms with van der Waals surface area (Å²) in [5.41, 5.74) is -1.20. The van der Waals surface area contributed by atoms with E-state index in [0.717, 1.165) is 32.0 Å². The highest BCUT2D eigenvalue weighted by Crippen LogP contribution is 2.32. The highest BCUT2D eigenvalue weighted by Gasteiger charge is 2.34. The SMILES string of the molecule is CN1CCC(N(C)C(=O)/C=C/c2ccc(F)c(C(F)(F)F)c2)CC1. The van der Waals surface area contributed by atoms with E-state index in [2.05, 4.69) is 4.90 Å². The van der Waals surface area contributed by atoms with Crippen LogP contribution in [0.15, 0.2) is 24.3 Å². The van der Waals surface area contributed by atoms with Gasteiger partial charge in [0.25, 0.3) is 0 Å². The van der Waals surface area contributed by atoms with E-state index in [1.807, 2.05) is 7.05 Å². The lowest BCUT2D eigenvalue weighted by atomic mass is 10.0. The predicted octanol–water partition coefficient (Wildman–Crippen LogP) is 3.41. The molecular formula is C17H20F4N2O. The Morgan fingerprint density at radius 2 is 1.92 bits per heavy atom. The third kappa shape index (κ3) is 4.56. The maximum Gasteiger partial charge on any atom is 0.419 e. The molecule has 0 atom stereocenters. The van der Waals surface area contributed by atoms with Gasteiger partial charge in [0, 0.05) is 19.2 Å². The van der Waals surface area contributed by atoms with Crippen LogP contribution in [-0.2, 0) is 11.0 Å². The van der Waals surface area contributed by atoms with Crippen molar-refractivity contribution in [3.05, 3.63) is 41.2 Å². The van der Waals surface area contributed by atoms with Crippen molar-refractivity contribution in [3.63, 3.8) is 0 Å². The van der Waals surface area contributed by atoms with Crippen LogP contribution in [0.1, 0.15) is 24.0 Å². The molecule has 1 fully saturated rings. The average Bonchev–Trinajstić information content (AvgIpc) is 2.52. The summed E-state index contributed by atoms with van der Waals surface area (Å²) in [5.74, 6) is -1.60. The van der Waals surface area contributed by atoms with Gasteiger partial charge in [0.1, 0.15) is 5.82 Å². The number of alkyl halides is 3. The number of carbonyl (C=O) groups is 1. The Labute approximate surface area is 138 Å². The van der Waals surface area contributed by atoms with Crippen molar-refractivity contribution in [2.24, 2.45) is 0 Å². The first-order chi connectivity index (χ1) is 11.2. The highest BCUT2D eigenvalue weighted by atomic mass is 19.4. The van der Waals surface area contributed by atoms with Gasteiger partial charge in [-0.25, -0.2) is 4.39 Å². The number of piperidine rings is 1. The first kappa shape index (κ1) is 18.4. The van der Waals surface area contributed by atoms with Crippen LogP contribution < -0.4 is 0 Å². The molecule has 1 heterocycles. The third-order valence-electron chi connectivity index (χ3n) is 4.30. The molecule has 132 valence electrons. The van der Waals surface area contributed by atoms with Gasteiger partial charge in [-0.2, -0.15) is 13.2 Å². The zero-order valence-electron chi connectivity index (χ0n) is 13.6. The predicted molar refractivity (Wildman–Crippen MR) is 83.7 cm³/mol. The van der Waals surface area contributed by atoms with Gasteiger partial charge in [0.15, 0.2) is 0 Å². The standard InChI is InChI=1S/C17H20F4N2O/c1-22-9-7-13(8-10-22)23(2)16(24)6-4-12-3-5-15(18)14(11-12)17(19,20)21/h3-6,11,13H,7-10H2,1-2H3/b6-4+. The number of hydrogen-bond donors (Lipinski definition) is 0. The van der Waals surface area contributed by atoms with Gasteiger partial charge in [-0.3, -0.25) is 4.79 Å². The molecule has 0 spiro atoms. The van der Waals surface area contributed by atoms with Gasteiger partial charge >= 0.3 is 6.18 Å². The molecular weight excluding hydrogens is 324 g/mol. The summed E-state index contributed by atoms with van der Waals surface area (Å²) in [4.78, 5) is 16.0. The molecule has 0 unspecified atom stereocenters. The van der Waals surface area contributed by atoms with E-state index in [9.17, 15) is 22.4 Å². The van der Waals surface area contributed by atoms with Crippen LogP contribution in [0.5, 0.6) is 0 Å². The Morgan fingerprint density at radius 3 is 2.50 bits per heavy atom. The minimum absolute atomic E-state index is 0.123. The fourth-order valence-corrected chi connectivity index (χ4v) is 2.71. The molecule has 7 heteroatoms. The second-order valence-electron chi connectivity index (χ2n) is 6.05. The summed E-state index contributed by atoms with van der Waals surface area (Å²) < 4.78 is 51.3. The van der Waals surface area contributed by atoms with Crippen LogP contribution >= 0.6 is 0 Å². The number of amides is 1. The molecule has 2 rings (SSSR count). The lowest BCUT2D eigenvalue weighted by molar-refractivity contribution is -0.140. The van der Waals surface area contributed by atoms with Crippen LogP contribution in [0.4, 0.5) is 17.6 Å². The van der Waals surface area contributed by atoms with Crippen molar-refractivity contribution in [3.8, 4) is 0 Å². The number of hydrogen-bond acceptors (Lipinski definition) is 2.